The molecule has 10 nitrogen and oxygen atoms in total. The molecule has 2 N–H and O–H groups in total. The summed E-state index contributed by atoms with van der Waals surface area (Å²) in [5.74, 6) is 0.301. The summed E-state index contributed by atoms with van der Waals surface area (Å²) in [6.07, 6.45) is 1.52. The van der Waals surface area contributed by atoms with Crippen molar-refractivity contribution in [2.75, 3.05) is 18.4 Å². The number of carbonyl (C=O) groups is 1. The number of alkyl halides is 3. The van der Waals surface area contributed by atoms with Gasteiger partial charge in [0.05, 0.1) is 29.5 Å². The number of nitrogens with zero attached hydrogens (tertiary/aromatic N) is 6. The SMILES string of the molecule is CC(C)(C)OC(=O)N1CCC[C@@H](Nc2nccc(-c3cnc4cnc(C(C)(O)C(F)(F)F)cn34)n2)C1. The van der Waals surface area contributed by atoms with Gasteiger partial charge < -0.3 is 20.1 Å². The Morgan fingerprint density at radius 3 is 2.61 bits per heavy atom. The molecular formula is C23H28F3N7O3. The van der Waals surface area contributed by atoms with Crippen LogP contribution in [-0.2, 0) is 10.3 Å². The van der Waals surface area contributed by atoms with Crippen LogP contribution in [0.5, 0.6) is 0 Å². The number of anilines is 1. The summed E-state index contributed by atoms with van der Waals surface area (Å²) >= 11 is 0. The van der Waals surface area contributed by atoms with E-state index in [1.807, 2.05) is 20.8 Å². The molecule has 0 aromatic carbocycles. The molecule has 1 unspecified atom stereocenters. The third kappa shape index (κ3) is 5.35. The fraction of sp³-hybridized carbons (Fsp3) is 0.522. The van der Waals surface area contributed by atoms with E-state index < -0.39 is 23.1 Å². The fourth-order valence-electron chi connectivity index (χ4n) is 3.82. The van der Waals surface area contributed by atoms with Crippen LogP contribution in [0.15, 0.2) is 30.9 Å². The highest BCUT2D eigenvalue weighted by molar-refractivity contribution is 5.68. The number of nitrogens with one attached hydrogen (secondary N) is 1. The minimum Gasteiger partial charge on any atom is -0.444 e. The molecule has 0 bridgehead atoms. The Bertz CT molecular complexity index is 1250. The quantitative estimate of drug-likeness (QED) is 0.548. The van der Waals surface area contributed by atoms with Gasteiger partial charge in [-0.3, -0.25) is 9.38 Å². The molecule has 0 radical (unpaired) electrons. The number of imidazole rings is 1. The summed E-state index contributed by atoms with van der Waals surface area (Å²) in [6, 6.07) is 1.49. The number of amides is 1. The van der Waals surface area contributed by atoms with Crippen LogP contribution in [0, 0.1) is 0 Å². The van der Waals surface area contributed by atoms with Crippen LogP contribution in [0.2, 0.25) is 0 Å². The first kappa shape index (κ1) is 25.6. The number of rotatable bonds is 4. The molecule has 3 aromatic rings. The monoisotopic (exact) mass is 507 g/mol. The van der Waals surface area contributed by atoms with E-state index in [4.69, 9.17) is 4.74 Å². The van der Waals surface area contributed by atoms with Gasteiger partial charge in [-0.1, -0.05) is 0 Å². The first-order chi connectivity index (χ1) is 16.7. The van der Waals surface area contributed by atoms with Crippen LogP contribution in [0.3, 0.4) is 0 Å². The van der Waals surface area contributed by atoms with Crippen molar-refractivity contribution in [1.82, 2.24) is 29.2 Å². The third-order valence-corrected chi connectivity index (χ3v) is 5.77. The van der Waals surface area contributed by atoms with Crippen molar-refractivity contribution in [2.45, 2.75) is 64.0 Å². The van der Waals surface area contributed by atoms with Gasteiger partial charge in [0, 0.05) is 31.5 Å². The number of aliphatic hydroxyl groups is 1. The summed E-state index contributed by atoms with van der Waals surface area (Å²) in [4.78, 5) is 30.8. The highest BCUT2D eigenvalue weighted by atomic mass is 19.4. The maximum Gasteiger partial charge on any atom is 0.422 e. The van der Waals surface area contributed by atoms with E-state index in [1.165, 1.54) is 16.8 Å². The zero-order valence-corrected chi connectivity index (χ0v) is 20.4. The maximum absolute atomic E-state index is 13.3. The standard InChI is InChI=1S/C23H28F3N7O3/c1-21(2,3)36-20(34)32-9-5-6-14(12-32)30-19-27-8-7-15(31-19)16-10-29-18-11-28-17(13-33(16)18)22(4,35)23(24,25)26/h7-8,10-11,13-14,35H,5-6,9,12H2,1-4H3,(H,27,30,31)/t14-,22?/m1/s1. The molecule has 13 heteroatoms. The minimum atomic E-state index is -4.91. The average Bonchev–Trinajstić information content (AvgIpc) is 3.21. The average molecular weight is 508 g/mol. The Morgan fingerprint density at radius 1 is 1.17 bits per heavy atom. The lowest BCUT2D eigenvalue weighted by Crippen LogP contribution is -2.47. The number of halogens is 3. The predicted octanol–water partition coefficient (Wildman–Crippen LogP) is 3.77. The number of likely N-dealkylation sites (tertiary alicyclic amines) is 1. The van der Waals surface area contributed by atoms with Gasteiger partial charge in [-0.15, -0.1) is 0 Å². The largest absolute Gasteiger partial charge is 0.444 e. The molecule has 0 spiro atoms. The van der Waals surface area contributed by atoms with Crippen molar-refractivity contribution in [3.8, 4) is 11.4 Å². The molecule has 1 saturated heterocycles. The summed E-state index contributed by atoms with van der Waals surface area (Å²) in [7, 11) is 0. The van der Waals surface area contributed by atoms with Crippen LogP contribution >= 0.6 is 0 Å². The van der Waals surface area contributed by atoms with Crippen LogP contribution in [0.1, 0.15) is 46.2 Å². The number of fused-ring (bicyclic) bond motifs is 1. The Morgan fingerprint density at radius 2 is 1.92 bits per heavy atom. The van der Waals surface area contributed by atoms with E-state index in [1.54, 1.807) is 11.0 Å². The van der Waals surface area contributed by atoms with Crippen LogP contribution in [-0.4, -0.2) is 71.3 Å². The second-order valence-electron chi connectivity index (χ2n) is 9.89. The summed E-state index contributed by atoms with van der Waals surface area (Å²) in [6.45, 7) is 7.09. The van der Waals surface area contributed by atoms with Gasteiger partial charge in [-0.2, -0.15) is 13.2 Å². The maximum atomic E-state index is 13.3. The summed E-state index contributed by atoms with van der Waals surface area (Å²) < 4.78 is 46.8. The zero-order chi connectivity index (χ0) is 26.3. The Balaban J connectivity index is 1.55. The number of carbonyl (C=O) groups excluding carboxylic acids is 1. The fourth-order valence-corrected chi connectivity index (χ4v) is 3.82. The molecule has 4 rings (SSSR count). The highest BCUT2D eigenvalue weighted by Gasteiger charge is 2.52. The molecule has 0 saturated carbocycles. The van der Waals surface area contributed by atoms with Gasteiger partial charge in [0.2, 0.25) is 11.5 Å². The van der Waals surface area contributed by atoms with E-state index in [2.05, 4.69) is 25.3 Å². The van der Waals surface area contributed by atoms with Gasteiger partial charge in [-0.05, 0) is 46.6 Å². The van der Waals surface area contributed by atoms with Gasteiger partial charge in [0.1, 0.15) is 5.60 Å². The molecule has 1 fully saturated rings. The number of hydrogen-bond donors (Lipinski definition) is 2. The summed E-state index contributed by atoms with van der Waals surface area (Å²) in [5.41, 5.74) is -3.20. The second-order valence-corrected chi connectivity index (χ2v) is 9.89. The van der Waals surface area contributed by atoms with Crippen LogP contribution < -0.4 is 5.32 Å². The lowest BCUT2D eigenvalue weighted by atomic mass is 10.0. The smallest absolute Gasteiger partial charge is 0.422 e. The van der Waals surface area contributed by atoms with Gasteiger partial charge >= 0.3 is 12.3 Å². The Hall–Kier alpha value is -3.48. The molecular weight excluding hydrogens is 479 g/mol. The van der Waals surface area contributed by atoms with Crippen molar-refractivity contribution in [1.29, 1.82) is 0 Å². The number of hydrogen-bond acceptors (Lipinski definition) is 8. The first-order valence-electron chi connectivity index (χ1n) is 11.5. The highest BCUT2D eigenvalue weighted by Crippen LogP contribution is 2.37. The second kappa shape index (κ2) is 9.19. The molecule has 4 heterocycles. The van der Waals surface area contributed by atoms with Crippen molar-refractivity contribution >= 4 is 17.7 Å². The van der Waals surface area contributed by atoms with Crippen molar-refractivity contribution in [3.63, 3.8) is 0 Å². The Labute approximate surface area is 205 Å². The van der Waals surface area contributed by atoms with E-state index in [-0.39, 0.29) is 12.1 Å². The van der Waals surface area contributed by atoms with Crippen LogP contribution in [0.25, 0.3) is 17.0 Å². The Kier molecular flexibility index (Phi) is 6.54. The van der Waals surface area contributed by atoms with Gasteiger partial charge in [0.25, 0.3) is 0 Å². The van der Waals surface area contributed by atoms with E-state index >= 15 is 0 Å². The normalized spacial score (nSPS) is 18.7. The van der Waals surface area contributed by atoms with Crippen molar-refractivity contribution in [2.24, 2.45) is 0 Å². The topological polar surface area (TPSA) is 118 Å². The zero-order valence-electron chi connectivity index (χ0n) is 20.4. The number of piperidine rings is 1. The predicted molar refractivity (Wildman–Crippen MR) is 124 cm³/mol. The molecule has 1 aliphatic heterocycles. The third-order valence-electron chi connectivity index (χ3n) is 5.77. The first-order valence-corrected chi connectivity index (χ1v) is 11.5. The van der Waals surface area contributed by atoms with Gasteiger partial charge in [0.15, 0.2) is 5.65 Å². The minimum absolute atomic E-state index is 0.110. The summed E-state index contributed by atoms with van der Waals surface area (Å²) in [5, 5.41) is 13.3. The van der Waals surface area contributed by atoms with E-state index in [0.29, 0.717) is 43.0 Å². The van der Waals surface area contributed by atoms with E-state index in [9.17, 15) is 23.1 Å². The van der Waals surface area contributed by atoms with Crippen LogP contribution in [0.4, 0.5) is 23.9 Å². The molecule has 2 atom stereocenters. The number of ether oxygens (including phenoxy) is 1. The molecule has 3 aromatic heterocycles. The molecule has 0 aliphatic carbocycles. The lowest BCUT2D eigenvalue weighted by Gasteiger charge is -2.34. The van der Waals surface area contributed by atoms with Crippen molar-refractivity contribution in [3.05, 3.63) is 36.5 Å². The molecule has 1 amide bonds. The molecule has 194 valence electrons. The van der Waals surface area contributed by atoms with Crippen molar-refractivity contribution < 1.29 is 27.8 Å². The lowest BCUT2D eigenvalue weighted by molar-refractivity contribution is -0.260. The molecule has 36 heavy (non-hydrogen) atoms. The molecule has 1 aliphatic rings. The number of aromatic nitrogens is 5. The van der Waals surface area contributed by atoms with E-state index in [0.717, 1.165) is 25.2 Å². The van der Waals surface area contributed by atoms with Gasteiger partial charge in [-0.25, -0.2) is 19.7 Å².